The molecule has 32 heavy (non-hydrogen) atoms. The summed E-state index contributed by atoms with van der Waals surface area (Å²) in [6, 6.07) is 7.37. The molecule has 0 saturated heterocycles. The minimum Gasteiger partial charge on any atom is -0.493 e. The maximum absolute atomic E-state index is 13.6. The number of aliphatic hydroxyl groups excluding tert-OH is 1. The second-order valence-electron chi connectivity index (χ2n) is 7.97. The molecule has 0 aliphatic heterocycles. The first-order chi connectivity index (χ1) is 15.0. The number of hydrogen-bond acceptors (Lipinski definition) is 5. The molecule has 0 unspecified atom stereocenters. The molecule has 0 saturated carbocycles. The van der Waals surface area contributed by atoms with E-state index in [9.17, 15) is 22.7 Å². The Morgan fingerprint density at radius 3 is 2.34 bits per heavy atom. The van der Waals surface area contributed by atoms with Crippen LogP contribution in [0.4, 0.5) is 17.6 Å². The van der Waals surface area contributed by atoms with Gasteiger partial charge in [-0.15, -0.1) is 0 Å². The summed E-state index contributed by atoms with van der Waals surface area (Å²) in [5.41, 5.74) is -1.75. The van der Waals surface area contributed by atoms with Crippen molar-refractivity contribution in [2.45, 2.75) is 26.6 Å². The molecule has 0 bridgehead atoms. The van der Waals surface area contributed by atoms with Crippen LogP contribution in [0.25, 0.3) is 22.8 Å². The highest BCUT2D eigenvalue weighted by Gasteiger charge is 2.36. The van der Waals surface area contributed by atoms with Gasteiger partial charge in [-0.3, -0.25) is 0 Å². The van der Waals surface area contributed by atoms with E-state index in [4.69, 9.17) is 9.47 Å². The molecule has 0 fully saturated rings. The lowest BCUT2D eigenvalue weighted by atomic mass is 9.95. The first kappa shape index (κ1) is 23.5. The second-order valence-corrected chi connectivity index (χ2v) is 7.97. The zero-order valence-electron chi connectivity index (χ0n) is 18.0. The Balaban J connectivity index is 2.27. The quantitative estimate of drug-likeness (QED) is 0.520. The third kappa shape index (κ3) is 4.69. The second kappa shape index (κ2) is 8.78. The van der Waals surface area contributed by atoms with E-state index in [0.29, 0.717) is 23.1 Å². The lowest BCUT2D eigenvalue weighted by Gasteiger charge is -2.22. The van der Waals surface area contributed by atoms with E-state index in [-0.39, 0.29) is 30.4 Å². The first-order valence-electron chi connectivity index (χ1n) is 9.65. The zero-order chi connectivity index (χ0) is 23.7. The van der Waals surface area contributed by atoms with E-state index in [1.807, 2.05) is 0 Å². The number of para-hydroxylation sites is 1. The largest absolute Gasteiger partial charge is 0.493 e. The standard InChI is InChI=1S/C22H23F4N3O3/c1-21(2,12-30)11-29-20(15-6-5-7-17(31-3)18(15)32-4)27-19(28-29)14-9-8-13(23)10-16(14)22(24,25)26/h5-10,30H,11-12H2,1-4H3. The molecule has 0 radical (unpaired) electrons. The Kier molecular flexibility index (Phi) is 6.45. The molecule has 0 spiro atoms. The Morgan fingerprint density at radius 1 is 1.03 bits per heavy atom. The van der Waals surface area contributed by atoms with Crippen LogP contribution in [0.5, 0.6) is 11.5 Å². The average molecular weight is 453 g/mol. The maximum Gasteiger partial charge on any atom is 0.417 e. The fourth-order valence-corrected chi connectivity index (χ4v) is 3.23. The van der Waals surface area contributed by atoms with Crippen LogP contribution >= 0.6 is 0 Å². The van der Waals surface area contributed by atoms with Gasteiger partial charge in [0, 0.05) is 17.6 Å². The molecule has 2 aromatic carbocycles. The molecule has 10 heteroatoms. The smallest absolute Gasteiger partial charge is 0.417 e. The van der Waals surface area contributed by atoms with E-state index in [1.54, 1.807) is 32.0 Å². The van der Waals surface area contributed by atoms with Crippen LogP contribution in [0.15, 0.2) is 36.4 Å². The molecule has 0 amide bonds. The van der Waals surface area contributed by atoms with Crippen molar-refractivity contribution < 1.29 is 32.1 Å². The van der Waals surface area contributed by atoms with Crippen molar-refractivity contribution >= 4 is 0 Å². The van der Waals surface area contributed by atoms with E-state index < -0.39 is 23.0 Å². The van der Waals surface area contributed by atoms with Gasteiger partial charge in [0.2, 0.25) is 0 Å². The molecule has 0 atom stereocenters. The summed E-state index contributed by atoms with van der Waals surface area (Å²) in [5.74, 6) is -0.301. The van der Waals surface area contributed by atoms with Gasteiger partial charge in [0.05, 0.1) is 31.9 Å². The summed E-state index contributed by atoms with van der Waals surface area (Å²) in [4.78, 5) is 4.37. The van der Waals surface area contributed by atoms with Crippen molar-refractivity contribution in [2.24, 2.45) is 5.41 Å². The van der Waals surface area contributed by atoms with Crippen LogP contribution < -0.4 is 9.47 Å². The van der Waals surface area contributed by atoms with Crippen molar-refractivity contribution in [3.05, 3.63) is 47.8 Å². The molecule has 3 rings (SSSR count). The fraction of sp³-hybridized carbons (Fsp3) is 0.364. The van der Waals surface area contributed by atoms with Crippen LogP contribution in [-0.4, -0.2) is 40.7 Å². The highest BCUT2D eigenvalue weighted by molar-refractivity contribution is 5.71. The third-order valence-electron chi connectivity index (χ3n) is 4.85. The lowest BCUT2D eigenvalue weighted by Crippen LogP contribution is -2.25. The SMILES string of the molecule is COc1cccc(-c2nc(-c3ccc(F)cc3C(F)(F)F)nn2CC(C)(C)CO)c1OC. The Labute approximate surface area is 182 Å². The Hall–Kier alpha value is -3.14. The number of rotatable bonds is 7. The van der Waals surface area contributed by atoms with Crippen molar-refractivity contribution in [3.8, 4) is 34.3 Å². The van der Waals surface area contributed by atoms with E-state index in [1.165, 1.54) is 18.9 Å². The van der Waals surface area contributed by atoms with Gasteiger partial charge in [-0.1, -0.05) is 19.9 Å². The van der Waals surface area contributed by atoms with Crippen LogP contribution in [0.1, 0.15) is 19.4 Å². The third-order valence-corrected chi connectivity index (χ3v) is 4.85. The number of hydrogen-bond donors (Lipinski definition) is 1. The van der Waals surface area contributed by atoms with Crippen molar-refractivity contribution in [1.29, 1.82) is 0 Å². The molecule has 6 nitrogen and oxygen atoms in total. The van der Waals surface area contributed by atoms with Gasteiger partial charge in [0.15, 0.2) is 23.1 Å². The van der Waals surface area contributed by atoms with E-state index >= 15 is 0 Å². The van der Waals surface area contributed by atoms with Crippen molar-refractivity contribution in [2.75, 3.05) is 20.8 Å². The highest BCUT2D eigenvalue weighted by Crippen LogP contribution is 2.40. The first-order valence-corrected chi connectivity index (χ1v) is 9.65. The molecule has 1 N–H and O–H groups in total. The summed E-state index contributed by atoms with van der Waals surface area (Å²) in [6.45, 7) is 3.51. The lowest BCUT2D eigenvalue weighted by molar-refractivity contribution is -0.137. The summed E-state index contributed by atoms with van der Waals surface area (Å²) >= 11 is 0. The van der Waals surface area contributed by atoms with Gasteiger partial charge in [-0.2, -0.15) is 18.3 Å². The number of alkyl halides is 3. The zero-order valence-corrected chi connectivity index (χ0v) is 18.0. The molecular weight excluding hydrogens is 430 g/mol. The Morgan fingerprint density at radius 2 is 1.75 bits per heavy atom. The maximum atomic E-state index is 13.6. The van der Waals surface area contributed by atoms with Crippen molar-refractivity contribution in [1.82, 2.24) is 14.8 Å². The topological polar surface area (TPSA) is 69.4 Å². The van der Waals surface area contributed by atoms with Crippen LogP contribution in [-0.2, 0) is 12.7 Å². The normalized spacial score (nSPS) is 12.2. The monoisotopic (exact) mass is 453 g/mol. The summed E-state index contributed by atoms with van der Waals surface area (Å²) in [7, 11) is 2.89. The highest BCUT2D eigenvalue weighted by atomic mass is 19.4. The molecule has 1 heterocycles. The van der Waals surface area contributed by atoms with E-state index in [2.05, 4.69) is 10.1 Å². The molecule has 1 aromatic heterocycles. The Bertz CT molecular complexity index is 1110. The van der Waals surface area contributed by atoms with E-state index in [0.717, 1.165) is 12.1 Å². The van der Waals surface area contributed by atoms with Crippen LogP contribution in [0.2, 0.25) is 0 Å². The van der Waals surface area contributed by atoms with Gasteiger partial charge < -0.3 is 14.6 Å². The number of aromatic nitrogens is 3. The number of halogens is 4. The number of nitrogens with zero attached hydrogens (tertiary/aromatic N) is 3. The minimum absolute atomic E-state index is 0.148. The van der Waals surface area contributed by atoms with Crippen LogP contribution in [0.3, 0.4) is 0 Å². The van der Waals surface area contributed by atoms with Crippen molar-refractivity contribution in [3.63, 3.8) is 0 Å². The fourth-order valence-electron chi connectivity index (χ4n) is 3.23. The van der Waals surface area contributed by atoms with Gasteiger partial charge in [0.1, 0.15) is 5.82 Å². The average Bonchev–Trinajstić information content (AvgIpc) is 3.14. The molecular formula is C22H23F4N3O3. The number of ether oxygens (including phenoxy) is 2. The molecule has 0 aliphatic rings. The summed E-state index contributed by atoms with van der Waals surface area (Å²) in [6.07, 6.45) is -4.80. The molecule has 3 aromatic rings. The number of aliphatic hydroxyl groups is 1. The van der Waals surface area contributed by atoms with Gasteiger partial charge in [-0.25, -0.2) is 14.1 Å². The molecule has 0 aliphatic carbocycles. The number of benzene rings is 2. The van der Waals surface area contributed by atoms with Gasteiger partial charge in [0.25, 0.3) is 0 Å². The van der Waals surface area contributed by atoms with Gasteiger partial charge >= 0.3 is 6.18 Å². The summed E-state index contributed by atoms with van der Waals surface area (Å²) < 4.78 is 66.5. The van der Waals surface area contributed by atoms with Gasteiger partial charge in [-0.05, 0) is 30.3 Å². The summed E-state index contributed by atoms with van der Waals surface area (Å²) in [5, 5.41) is 14.0. The van der Waals surface area contributed by atoms with Crippen LogP contribution in [0, 0.1) is 11.2 Å². The predicted molar refractivity (Wildman–Crippen MR) is 110 cm³/mol. The predicted octanol–water partition coefficient (Wildman–Crippen LogP) is 4.81. The minimum atomic E-state index is -4.80. The number of methoxy groups -OCH3 is 2. The molecule has 172 valence electrons.